The third-order valence-corrected chi connectivity index (χ3v) is 4.06. The molecular weight excluding hydrogens is 316 g/mol. The van der Waals surface area contributed by atoms with E-state index in [9.17, 15) is 9.59 Å². The van der Waals surface area contributed by atoms with Crippen molar-refractivity contribution in [2.75, 3.05) is 19.6 Å². The lowest BCUT2D eigenvalue weighted by Gasteiger charge is -2.26. The zero-order chi connectivity index (χ0) is 18.1. The van der Waals surface area contributed by atoms with Gasteiger partial charge in [-0.2, -0.15) is 0 Å². The Hall–Kier alpha value is -2.56. The molecule has 0 N–H and O–H groups in total. The van der Waals surface area contributed by atoms with Crippen LogP contribution in [0.4, 0.5) is 0 Å². The number of furan rings is 1. The van der Waals surface area contributed by atoms with E-state index in [1.807, 2.05) is 37.3 Å². The largest absolute Gasteiger partial charge is 0.467 e. The van der Waals surface area contributed by atoms with Gasteiger partial charge in [-0.3, -0.25) is 9.59 Å². The molecule has 1 aromatic heterocycles. The second kappa shape index (κ2) is 9.67. The van der Waals surface area contributed by atoms with Crippen LogP contribution in [0.15, 0.2) is 53.1 Å². The minimum atomic E-state index is -0.0730. The highest BCUT2D eigenvalue weighted by atomic mass is 16.3. The highest BCUT2D eigenvalue weighted by Gasteiger charge is 2.19. The average molecular weight is 342 g/mol. The molecule has 134 valence electrons. The number of benzene rings is 1. The molecule has 0 bridgehead atoms. The van der Waals surface area contributed by atoms with Gasteiger partial charge in [-0.25, -0.2) is 0 Å². The SMILES string of the molecule is CCCN(CC(=O)N(CCc1ccccc1)Cc1ccco1)C(C)=O. The van der Waals surface area contributed by atoms with Gasteiger partial charge >= 0.3 is 0 Å². The van der Waals surface area contributed by atoms with E-state index in [2.05, 4.69) is 12.1 Å². The predicted octanol–water partition coefficient (Wildman–Crippen LogP) is 3.11. The third kappa shape index (κ3) is 6.10. The minimum Gasteiger partial charge on any atom is -0.467 e. The van der Waals surface area contributed by atoms with Crippen molar-refractivity contribution in [2.45, 2.75) is 33.2 Å². The zero-order valence-electron chi connectivity index (χ0n) is 15.0. The van der Waals surface area contributed by atoms with Gasteiger partial charge in [0.15, 0.2) is 0 Å². The van der Waals surface area contributed by atoms with Crippen molar-refractivity contribution in [3.8, 4) is 0 Å². The van der Waals surface area contributed by atoms with Crippen LogP contribution < -0.4 is 0 Å². The summed E-state index contributed by atoms with van der Waals surface area (Å²) in [5.41, 5.74) is 1.18. The molecule has 0 aliphatic heterocycles. The van der Waals surface area contributed by atoms with Gasteiger partial charge in [0, 0.05) is 20.0 Å². The Morgan fingerprint density at radius 3 is 2.36 bits per heavy atom. The summed E-state index contributed by atoms with van der Waals surface area (Å²) in [6, 6.07) is 13.7. The highest BCUT2D eigenvalue weighted by molar-refractivity contribution is 5.83. The Kier molecular flexibility index (Phi) is 7.26. The summed E-state index contributed by atoms with van der Waals surface area (Å²) in [4.78, 5) is 27.9. The molecule has 0 aliphatic carbocycles. The van der Waals surface area contributed by atoms with E-state index in [0.29, 0.717) is 19.6 Å². The Morgan fingerprint density at radius 1 is 1.00 bits per heavy atom. The standard InChI is InChI=1S/C20H26N2O3/c1-3-12-21(17(2)23)16-20(24)22(15-19-10-7-14-25-19)13-11-18-8-5-4-6-9-18/h4-10,14H,3,11-13,15-16H2,1-2H3. The molecule has 0 atom stereocenters. The molecule has 2 aromatic rings. The summed E-state index contributed by atoms with van der Waals surface area (Å²) < 4.78 is 5.39. The minimum absolute atomic E-state index is 0.0593. The van der Waals surface area contributed by atoms with Crippen LogP contribution in [0.25, 0.3) is 0 Å². The Morgan fingerprint density at radius 2 is 1.76 bits per heavy atom. The molecule has 0 saturated carbocycles. The maximum absolute atomic E-state index is 12.8. The Bertz CT molecular complexity index is 653. The van der Waals surface area contributed by atoms with E-state index in [0.717, 1.165) is 18.6 Å². The van der Waals surface area contributed by atoms with Gasteiger partial charge < -0.3 is 14.2 Å². The second-order valence-electron chi connectivity index (χ2n) is 6.07. The quantitative estimate of drug-likeness (QED) is 0.703. The molecule has 0 aliphatic rings. The maximum Gasteiger partial charge on any atom is 0.242 e. The first-order valence-electron chi connectivity index (χ1n) is 8.69. The first-order chi connectivity index (χ1) is 12.1. The number of amides is 2. The normalized spacial score (nSPS) is 10.5. The summed E-state index contributed by atoms with van der Waals surface area (Å²) in [5.74, 6) is 0.610. The summed E-state index contributed by atoms with van der Waals surface area (Å²) in [6.45, 7) is 5.20. The number of hydrogen-bond acceptors (Lipinski definition) is 3. The van der Waals surface area contributed by atoms with Crippen LogP contribution in [0, 0.1) is 0 Å². The molecule has 0 saturated heterocycles. The van der Waals surface area contributed by atoms with Crippen LogP contribution in [0.1, 0.15) is 31.6 Å². The first-order valence-corrected chi connectivity index (χ1v) is 8.69. The Balaban J connectivity index is 2.04. The molecule has 2 rings (SSSR count). The van der Waals surface area contributed by atoms with Crippen molar-refractivity contribution in [2.24, 2.45) is 0 Å². The fourth-order valence-corrected chi connectivity index (χ4v) is 2.67. The molecule has 0 unspecified atom stereocenters. The maximum atomic E-state index is 12.8. The van der Waals surface area contributed by atoms with Gasteiger partial charge in [-0.05, 0) is 30.5 Å². The number of nitrogens with zero attached hydrogens (tertiary/aromatic N) is 2. The first kappa shape index (κ1) is 18.8. The molecule has 0 spiro atoms. The summed E-state index contributed by atoms with van der Waals surface area (Å²) in [5, 5.41) is 0. The average Bonchev–Trinajstić information content (AvgIpc) is 3.12. The predicted molar refractivity (Wildman–Crippen MR) is 96.8 cm³/mol. The van der Waals surface area contributed by atoms with E-state index in [1.165, 1.54) is 12.5 Å². The monoisotopic (exact) mass is 342 g/mol. The molecule has 0 radical (unpaired) electrons. The topological polar surface area (TPSA) is 53.8 Å². The van der Waals surface area contributed by atoms with Crippen LogP contribution in [-0.4, -0.2) is 41.2 Å². The molecular formula is C20H26N2O3. The molecule has 5 heteroatoms. The van der Waals surface area contributed by atoms with E-state index < -0.39 is 0 Å². The molecule has 1 aromatic carbocycles. The fourth-order valence-electron chi connectivity index (χ4n) is 2.67. The molecule has 2 amide bonds. The van der Waals surface area contributed by atoms with Crippen molar-refractivity contribution < 1.29 is 14.0 Å². The molecule has 25 heavy (non-hydrogen) atoms. The molecule has 1 heterocycles. The molecule has 5 nitrogen and oxygen atoms in total. The van der Waals surface area contributed by atoms with Crippen LogP contribution >= 0.6 is 0 Å². The lowest BCUT2D eigenvalue weighted by Crippen LogP contribution is -2.42. The number of rotatable bonds is 9. The van der Waals surface area contributed by atoms with Crippen molar-refractivity contribution in [3.05, 3.63) is 60.1 Å². The Labute approximate surface area is 149 Å². The van der Waals surface area contributed by atoms with Gasteiger partial charge in [0.2, 0.25) is 11.8 Å². The van der Waals surface area contributed by atoms with Crippen molar-refractivity contribution in [3.63, 3.8) is 0 Å². The fraction of sp³-hybridized carbons (Fsp3) is 0.400. The van der Waals surface area contributed by atoms with E-state index in [-0.39, 0.29) is 18.4 Å². The van der Waals surface area contributed by atoms with Gasteiger partial charge in [0.05, 0.1) is 19.4 Å². The van der Waals surface area contributed by atoms with Gasteiger partial charge in [0.1, 0.15) is 5.76 Å². The van der Waals surface area contributed by atoms with E-state index in [1.54, 1.807) is 16.1 Å². The van der Waals surface area contributed by atoms with Gasteiger partial charge in [-0.15, -0.1) is 0 Å². The third-order valence-electron chi connectivity index (χ3n) is 4.06. The smallest absolute Gasteiger partial charge is 0.242 e. The highest BCUT2D eigenvalue weighted by Crippen LogP contribution is 2.09. The zero-order valence-corrected chi connectivity index (χ0v) is 15.0. The summed E-state index contributed by atoms with van der Waals surface area (Å²) in [7, 11) is 0. The van der Waals surface area contributed by atoms with Crippen LogP contribution in [0.2, 0.25) is 0 Å². The lowest BCUT2D eigenvalue weighted by atomic mass is 10.1. The van der Waals surface area contributed by atoms with Gasteiger partial charge in [0.25, 0.3) is 0 Å². The van der Waals surface area contributed by atoms with Gasteiger partial charge in [-0.1, -0.05) is 37.3 Å². The van der Waals surface area contributed by atoms with E-state index in [4.69, 9.17) is 4.42 Å². The van der Waals surface area contributed by atoms with Crippen molar-refractivity contribution in [1.29, 1.82) is 0 Å². The number of carbonyl (C=O) groups is 2. The number of hydrogen-bond donors (Lipinski definition) is 0. The van der Waals surface area contributed by atoms with Crippen molar-refractivity contribution >= 4 is 11.8 Å². The van der Waals surface area contributed by atoms with Crippen LogP contribution in [0.5, 0.6) is 0 Å². The second-order valence-corrected chi connectivity index (χ2v) is 6.07. The number of carbonyl (C=O) groups excluding carboxylic acids is 2. The van der Waals surface area contributed by atoms with Crippen LogP contribution in [-0.2, 0) is 22.6 Å². The van der Waals surface area contributed by atoms with Crippen molar-refractivity contribution in [1.82, 2.24) is 9.80 Å². The lowest BCUT2D eigenvalue weighted by molar-refractivity contribution is -0.140. The molecule has 0 fully saturated rings. The van der Waals surface area contributed by atoms with Crippen LogP contribution in [0.3, 0.4) is 0 Å². The summed E-state index contributed by atoms with van der Waals surface area (Å²) >= 11 is 0. The summed E-state index contributed by atoms with van der Waals surface area (Å²) in [6.07, 6.45) is 3.20. The van der Waals surface area contributed by atoms with E-state index >= 15 is 0 Å².